The highest BCUT2D eigenvalue weighted by atomic mass is 16.5. The zero-order valence-corrected chi connectivity index (χ0v) is 6.13. The van der Waals surface area contributed by atoms with Gasteiger partial charge >= 0.3 is 0 Å². The molecule has 0 amide bonds. The van der Waals surface area contributed by atoms with Crippen LogP contribution in [0.25, 0.3) is 0 Å². The molecular weight excluding hydrogens is 114 g/mol. The molecule has 0 saturated heterocycles. The number of hydrogen-bond acceptors (Lipinski definition) is 2. The molecule has 1 atom stereocenters. The molecule has 0 aliphatic heterocycles. The van der Waals surface area contributed by atoms with E-state index in [4.69, 9.17) is 10.5 Å². The molecule has 0 aliphatic rings. The van der Waals surface area contributed by atoms with Crippen molar-refractivity contribution in [3.05, 3.63) is 12.2 Å². The molecule has 0 aromatic heterocycles. The van der Waals surface area contributed by atoms with Crippen LogP contribution in [0.1, 0.15) is 20.3 Å². The molecule has 2 nitrogen and oxygen atoms in total. The van der Waals surface area contributed by atoms with E-state index in [0.717, 1.165) is 6.42 Å². The minimum Gasteiger partial charge on any atom is -0.360 e. The van der Waals surface area contributed by atoms with E-state index in [1.165, 1.54) is 0 Å². The first kappa shape index (κ1) is 8.66. The molecule has 2 N–H and O–H groups in total. The summed E-state index contributed by atoms with van der Waals surface area (Å²) in [6.45, 7) is 4.67. The van der Waals surface area contributed by atoms with E-state index in [1.54, 1.807) is 0 Å². The topological polar surface area (TPSA) is 35.2 Å². The molecule has 0 aliphatic carbocycles. The zero-order valence-electron chi connectivity index (χ0n) is 6.13. The third-order valence-electron chi connectivity index (χ3n) is 0.921. The van der Waals surface area contributed by atoms with Gasteiger partial charge in [-0.25, -0.2) is 0 Å². The minimum atomic E-state index is -0.213. The van der Waals surface area contributed by atoms with Crippen molar-refractivity contribution in [2.45, 2.75) is 26.5 Å². The Bertz CT molecular complexity index is 81.0. The van der Waals surface area contributed by atoms with Gasteiger partial charge in [0, 0.05) is 6.61 Å². The Kier molecular flexibility index (Phi) is 5.57. The highest BCUT2D eigenvalue weighted by Crippen LogP contribution is 1.86. The van der Waals surface area contributed by atoms with Gasteiger partial charge in [0.15, 0.2) is 0 Å². The summed E-state index contributed by atoms with van der Waals surface area (Å²) in [5, 5.41) is 0. The van der Waals surface area contributed by atoms with Crippen LogP contribution < -0.4 is 5.73 Å². The summed E-state index contributed by atoms with van der Waals surface area (Å²) in [7, 11) is 0. The van der Waals surface area contributed by atoms with Gasteiger partial charge in [0.2, 0.25) is 0 Å². The van der Waals surface area contributed by atoms with Crippen molar-refractivity contribution in [1.29, 1.82) is 0 Å². The van der Waals surface area contributed by atoms with Gasteiger partial charge in [-0.1, -0.05) is 13.0 Å². The van der Waals surface area contributed by atoms with Crippen LogP contribution in [0.5, 0.6) is 0 Å². The summed E-state index contributed by atoms with van der Waals surface area (Å²) in [6.07, 6.45) is 4.67. The number of nitrogens with two attached hydrogens (primary N) is 1. The molecule has 0 saturated carbocycles. The molecule has 0 spiro atoms. The molecule has 0 fully saturated rings. The van der Waals surface area contributed by atoms with Gasteiger partial charge in [0.1, 0.15) is 6.23 Å². The molecular formula is C7H15NO. The van der Waals surface area contributed by atoms with Gasteiger partial charge < -0.3 is 10.5 Å². The normalized spacial score (nSPS) is 14.6. The summed E-state index contributed by atoms with van der Waals surface area (Å²) in [5.41, 5.74) is 5.46. The molecule has 0 aromatic carbocycles. The second-order valence-corrected chi connectivity index (χ2v) is 1.76. The lowest BCUT2D eigenvalue weighted by Gasteiger charge is -2.03. The lowest BCUT2D eigenvalue weighted by molar-refractivity contribution is 0.101. The third-order valence-corrected chi connectivity index (χ3v) is 0.921. The van der Waals surface area contributed by atoms with Crippen LogP contribution in [0.2, 0.25) is 0 Å². The molecule has 0 radical (unpaired) electrons. The molecule has 0 rings (SSSR count). The number of rotatable bonds is 4. The Morgan fingerprint density at radius 3 is 2.67 bits per heavy atom. The Balaban J connectivity index is 3.25. The smallest absolute Gasteiger partial charge is 0.124 e. The Hall–Kier alpha value is -0.340. The van der Waals surface area contributed by atoms with Gasteiger partial charge in [-0.3, -0.25) is 0 Å². The lowest BCUT2D eigenvalue weighted by Crippen LogP contribution is -2.20. The van der Waals surface area contributed by atoms with Crippen LogP contribution in [0.4, 0.5) is 0 Å². The lowest BCUT2D eigenvalue weighted by atomic mass is 10.4. The molecule has 2 heteroatoms. The summed E-state index contributed by atoms with van der Waals surface area (Å²) in [5.74, 6) is 0. The number of allylic oxidation sites excluding steroid dienone is 1. The van der Waals surface area contributed by atoms with Crippen LogP contribution in [0.3, 0.4) is 0 Å². The van der Waals surface area contributed by atoms with E-state index < -0.39 is 0 Å². The van der Waals surface area contributed by atoms with Gasteiger partial charge in [0.05, 0.1) is 0 Å². The van der Waals surface area contributed by atoms with E-state index >= 15 is 0 Å². The third kappa shape index (κ3) is 5.53. The van der Waals surface area contributed by atoms with E-state index in [2.05, 4.69) is 6.92 Å². The predicted octanol–water partition coefficient (Wildman–Crippen LogP) is 1.27. The summed E-state index contributed by atoms with van der Waals surface area (Å²) >= 11 is 0. The first-order chi connectivity index (χ1) is 4.31. The molecule has 1 unspecified atom stereocenters. The van der Waals surface area contributed by atoms with Crippen LogP contribution >= 0.6 is 0 Å². The van der Waals surface area contributed by atoms with E-state index in [9.17, 15) is 0 Å². The average molecular weight is 129 g/mol. The van der Waals surface area contributed by atoms with E-state index in [1.807, 2.05) is 19.1 Å². The van der Waals surface area contributed by atoms with Gasteiger partial charge in [-0.05, 0) is 19.4 Å². The van der Waals surface area contributed by atoms with Crippen LogP contribution in [-0.4, -0.2) is 12.8 Å². The summed E-state index contributed by atoms with van der Waals surface area (Å²) < 4.78 is 5.03. The van der Waals surface area contributed by atoms with Crippen molar-refractivity contribution in [2.75, 3.05) is 6.61 Å². The van der Waals surface area contributed by atoms with Gasteiger partial charge in [-0.15, -0.1) is 0 Å². The van der Waals surface area contributed by atoms with Crippen LogP contribution in [0, 0.1) is 0 Å². The van der Waals surface area contributed by atoms with Crippen molar-refractivity contribution >= 4 is 0 Å². The van der Waals surface area contributed by atoms with Gasteiger partial charge in [-0.2, -0.15) is 0 Å². The van der Waals surface area contributed by atoms with E-state index in [0.29, 0.717) is 6.61 Å². The number of hydrogen-bond donors (Lipinski definition) is 1. The molecule has 54 valence electrons. The van der Waals surface area contributed by atoms with Crippen molar-refractivity contribution in [2.24, 2.45) is 5.73 Å². The predicted molar refractivity (Wildman–Crippen MR) is 39.0 cm³/mol. The Morgan fingerprint density at radius 2 is 2.22 bits per heavy atom. The molecule has 0 bridgehead atoms. The van der Waals surface area contributed by atoms with Crippen molar-refractivity contribution < 1.29 is 4.74 Å². The van der Waals surface area contributed by atoms with Crippen molar-refractivity contribution in [3.8, 4) is 0 Å². The Morgan fingerprint density at radius 1 is 1.56 bits per heavy atom. The fraction of sp³-hybridized carbons (Fsp3) is 0.714. The SMILES string of the molecule is CCC=CC(N)OCC. The fourth-order valence-electron chi connectivity index (χ4n) is 0.518. The van der Waals surface area contributed by atoms with Crippen LogP contribution in [0.15, 0.2) is 12.2 Å². The zero-order chi connectivity index (χ0) is 7.11. The average Bonchev–Trinajstić information content (AvgIpc) is 1.85. The second-order valence-electron chi connectivity index (χ2n) is 1.76. The summed E-state index contributed by atoms with van der Waals surface area (Å²) in [4.78, 5) is 0. The second kappa shape index (κ2) is 5.79. The van der Waals surface area contributed by atoms with Crippen LogP contribution in [-0.2, 0) is 4.74 Å². The maximum atomic E-state index is 5.46. The monoisotopic (exact) mass is 129 g/mol. The van der Waals surface area contributed by atoms with E-state index in [-0.39, 0.29) is 6.23 Å². The first-order valence-corrected chi connectivity index (χ1v) is 3.35. The maximum Gasteiger partial charge on any atom is 0.124 e. The van der Waals surface area contributed by atoms with Gasteiger partial charge in [0.25, 0.3) is 0 Å². The molecule has 9 heavy (non-hydrogen) atoms. The first-order valence-electron chi connectivity index (χ1n) is 3.35. The molecule has 0 heterocycles. The maximum absolute atomic E-state index is 5.46. The summed E-state index contributed by atoms with van der Waals surface area (Å²) in [6, 6.07) is 0. The van der Waals surface area contributed by atoms with Crippen molar-refractivity contribution in [3.63, 3.8) is 0 Å². The molecule has 0 aromatic rings. The quantitative estimate of drug-likeness (QED) is 0.458. The highest BCUT2D eigenvalue weighted by Gasteiger charge is 1.90. The largest absolute Gasteiger partial charge is 0.360 e. The fourth-order valence-corrected chi connectivity index (χ4v) is 0.518. The van der Waals surface area contributed by atoms with Crippen molar-refractivity contribution in [1.82, 2.24) is 0 Å². The minimum absolute atomic E-state index is 0.213. The standard InChI is InChI=1S/C7H15NO/c1-3-5-6-7(8)9-4-2/h5-7H,3-4,8H2,1-2H3. The Labute approximate surface area is 56.7 Å². The highest BCUT2D eigenvalue weighted by molar-refractivity contribution is 4.85. The number of ether oxygens (including phenoxy) is 1.